The molecular formula is C15H21NO7S. The first-order valence-electron chi connectivity index (χ1n) is 7.19. The zero-order chi connectivity index (χ0) is 18.3. The lowest BCUT2D eigenvalue weighted by atomic mass is 10.2. The average Bonchev–Trinajstić information content (AvgIpc) is 2.45. The fraction of sp³-hybridized carbons (Fsp3) is 0.467. The van der Waals surface area contributed by atoms with Gasteiger partial charge in [-0.1, -0.05) is 18.2 Å². The summed E-state index contributed by atoms with van der Waals surface area (Å²) >= 11 is 0. The van der Waals surface area contributed by atoms with E-state index in [4.69, 9.17) is 9.29 Å². The molecule has 0 fully saturated rings. The van der Waals surface area contributed by atoms with Crippen molar-refractivity contribution in [3.63, 3.8) is 0 Å². The first-order chi connectivity index (χ1) is 11.1. The topological polar surface area (TPSA) is 121 Å². The summed E-state index contributed by atoms with van der Waals surface area (Å²) in [6.45, 7) is 2.45. The molecule has 1 atom stereocenters. The number of phenolic OH excluding ortho intramolecular Hbond substituents is 1. The van der Waals surface area contributed by atoms with E-state index in [-0.39, 0.29) is 25.5 Å². The molecule has 0 aliphatic carbocycles. The van der Waals surface area contributed by atoms with E-state index in [1.165, 1.54) is 13.0 Å². The summed E-state index contributed by atoms with van der Waals surface area (Å²) in [7, 11) is -4.41. The molecule has 0 aliphatic rings. The van der Waals surface area contributed by atoms with Gasteiger partial charge in [-0.15, -0.1) is 0 Å². The van der Waals surface area contributed by atoms with Crippen molar-refractivity contribution in [3.8, 4) is 5.75 Å². The lowest BCUT2D eigenvalue weighted by molar-refractivity contribution is -0.137. The second-order valence-electron chi connectivity index (χ2n) is 5.27. The Bertz CT molecular complexity index is 687. The van der Waals surface area contributed by atoms with Gasteiger partial charge in [0, 0.05) is 19.0 Å². The fourth-order valence-corrected chi connectivity index (χ4v) is 2.95. The van der Waals surface area contributed by atoms with Crippen LogP contribution in [0.25, 0.3) is 0 Å². The van der Waals surface area contributed by atoms with Crippen LogP contribution in [0.5, 0.6) is 5.75 Å². The highest BCUT2D eigenvalue weighted by Gasteiger charge is 2.29. The molecule has 24 heavy (non-hydrogen) atoms. The molecular weight excluding hydrogens is 338 g/mol. The molecule has 0 radical (unpaired) electrons. The van der Waals surface area contributed by atoms with Crippen LogP contribution in [-0.2, 0) is 31.1 Å². The van der Waals surface area contributed by atoms with Crippen molar-refractivity contribution in [2.45, 2.75) is 26.5 Å². The van der Waals surface area contributed by atoms with E-state index in [1.807, 2.05) is 0 Å². The number of benzene rings is 1. The third kappa shape index (κ3) is 6.65. The summed E-state index contributed by atoms with van der Waals surface area (Å²) < 4.78 is 36.4. The van der Waals surface area contributed by atoms with E-state index in [0.29, 0.717) is 5.56 Å². The summed E-state index contributed by atoms with van der Waals surface area (Å²) in [4.78, 5) is 24.4. The molecule has 0 saturated carbocycles. The van der Waals surface area contributed by atoms with Crippen molar-refractivity contribution in [1.82, 2.24) is 4.90 Å². The Morgan fingerprint density at radius 3 is 2.38 bits per heavy atom. The molecule has 1 aromatic rings. The van der Waals surface area contributed by atoms with Crippen LogP contribution in [0.2, 0.25) is 0 Å². The Morgan fingerprint density at radius 2 is 1.88 bits per heavy atom. The highest BCUT2D eigenvalue weighted by Crippen LogP contribution is 2.16. The van der Waals surface area contributed by atoms with Crippen LogP contribution in [-0.4, -0.2) is 59.6 Å². The highest BCUT2D eigenvalue weighted by atomic mass is 32.2. The van der Waals surface area contributed by atoms with Crippen molar-refractivity contribution in [3.05, 3.63) is 29.8 Å². The third-order valence-electron chi connectivity index (χ3n) is 3.34. The third-order valence-corrected chi connectivity index (χ3v) is 4.08. The molecule has 1 amide bonds. The second-order valence-corrected chi connectivity index (χ2v) is 6.77. The molecule has 0 aromatic heterocycles. The maximum atomic E-state index is 11.7. The number of hydrogen-bond donors (Lipinski definition) is 2. The molecule has 0 saturated heterocycles. The van der Waals surface area contributed by atoms with Crippen molar-refractivity contribution in [1.29, 1.82) is 0 Å². The Balaban J connectivity index is 2.67. The van der Waals surface area contributed by atoms with E-state index >= 15 is 0 Å². The van der Waals surface area contributed by atoms with Crippen LogP contribution < -0.4 is 0 Å². The zero-order valence-electron chi connectivity index (χ0n) is 13.5. The summed E-state index contributed by atoms with van der Waals surface area (Å²) in [6, 6.07) is 5.32. The number of nitrogens with zero attached hydrogens (tertiary/aromatic N) is 1. The van der Waals surface area contributed by atoms with Gasteiger partial charge in [0.25, 0.3) is 10.1 Å². The average molecular weight is 359 g/mol. The maximum absolute atomic E-state index is 11.7. The molecule has 9 heteroatoms. The predicted molar refractivity (Wildman–Crippen MR) is 86.0 cm³/mol. The zero-order valence-corrected chi connectivity index (χ0v) is 14.3. The van der Waals surface area contributed by atoms with E-state index < -0.39 is 33.6 Å². The van der Waals surface area contributed by atoms with Gasteiger partial charge in [0.05, 0.1) is 13.2 Å². The number of ether oxygens (including phenoxy) is 1. The molecule has 1 aromatic carbocycles. The van der Waals surface area contributed by atoms with Gasteiger partial charge in [-0.25, -0.2) is 0 Å². The molecule has 2 N–H and O–H groups in total. The lowest BCUT2D eigenvalue weighted by Crippen LogP contribution is -2.48. The minimum atomic E-state index is -4.41. The highest BCUT2D eigenvalue weighted by molar-refractivity contribution is 7.85. The summed E-state index contributed by atoms with van der Waals surface area (Å²) in [6.07, 6.45) is 0. The minimum Gasteiger partial charge on any atom is -0.508 e. The lowest BCUT2D eigenvalue weighted by Gasteiger charge is -2.28. The van der Waals surface area contributed by atoms with Crippen molar-refractivity contribution in [2.75, 3.05) is 18.9 Å². The van der Waals surface area contributed by atoms with Gasteiger partial charge in [-0.3, -0.25) is 14.1 Å². The SMILES string of the molecule is CC(=O)C(CS(=O)(=O)O)N(CCOCc1ccccc1O)C(C)=O. The Morgan fingerprint density at radius 1 is 1.25 bits per heavy atom. The van der Waals surface area contributed by atoms with Gasteiger partial charge >= 0.3 is 0 Å². The van der Waals surface area contributed by atoms with Crippen LogP contribution in [0.4, 0.5) is 0 Å². The Hall–Kier alpha value is -1.97. The molecule has 0 bridgehead atoms. The number of carbonyl (C=O) groups excluding carboxylic acids is 2. The van der Waals surface area contributed by atoms with Crippen molar-refractivity contribution in [2.24, 2.45) is 0 Å². The van der Waals surface area contributed by atoms with Gasteiger partial charge in [0.2, 0.25) is 5.91 Å². The number of Topliss-reactive ketones (excluding diaryl/α,β-unsaturated/α-hetero) is 1. The number of hydrogen-bond acceptors (Lipinski definition) is 6. The molecule has 8 nitrogen and oxygen atoms in total. The minimum absolute atomic E-state index is 0.0251. The fourth-order valence-electron chi connectivity index (χ4n) is 2.14. The van der Waals surface area contributed by atoms with E-state index in [2.05, 4.69) is 0 Å². The number of carbonyl (C=O) groups is 2. The largest absolute Gasteiger partial charge is 0.508 e. The van der Waals surface area contributed by atoms with Crippen LogP contribution in [0, 0.1) is 0 Å². The number of rotatable bonds is 9. The number of ketones is 1. The number of para-hydroxylation sites is 1. The molecule has 0 aliphatic heterocycles. The van der Waals surface area contributed by atoms with Gasteiger partial charge in [-0.05, 0) is 13.0 Å². The summed E-state index contributed by atoms with van der Waals surface area (Å²) in [5.41, 5.74) is 0.563. The number of amides is 1. The van der Waals surface area contributed by atoms with Crippen LogP contribution >= 0.6 is 0 Å². The molecule has 1 rings (SSSR count). The first kappa shape index (κ1) is 20.1. The standard InChI is InChI=1S/C15H21NO7S/c1-11(17)14(10-24(20,21)22)16(12(2)18)7-8-23-9-13-5-3-4-6-15(13)19/h3-6,14,19H,7-10H2,1-2H3,(H,20,21,22). The number of aromatic hydroxyl groups is 1. The summed E-state index contributed by atoms with van der Waals surface area (Å²) in [5.74, 6) is -1.84. The van der Waals surface area contributed by atoms with Crippen LogP contribution in [0.15, 0.2) is 24.3 Å². The normalized spacial score (nSPS) is 12.6. The second kappa shape index (κ2) is 8.76. The van der Waals surface area contributed by atoms with Crippen molar-refractivity contribution >= 4 is 21.8 Å². The first-order valence-corrected chi connectivity index (χ1v) is 8.80. The van der Waals surface area contributed by atoms with E-state index in [0.717, 1.165) is 11.8 Å². The molecule has 0 heterocycles. The molecule has 0 spiro atoms. The Labute approximate surface area is 140 Å². The molecule has 1 unspecified atom stereocenters. The van der Waals surface area contributed by atoms with Gasteiger partial charge < -0.3 is 14.7 Å². The van der Waals surface area contributed by atoms with E-state index in [1.54, 1.807) is 18.2 Å². The summed E-state index contributed by atoms with van der Waals surface area (Å²) in [5, 5.41) is 9.61. The van der Waals surface area contributed by atoms with Gasteiger partial charge in [0.1, 0.15) is 17.5 Å². The van der Waals surface area contributed by atoms with Crippen molar-refractivity contribution < 1.29 is 32.4 Å². The molecule has 134 valence electrons. The predicted octanol–water partition coefficient (Wildman–Crippen LogP) is 0.603. The maximum Gasteiger partial charge on any atom is 0.267 e. The quantitative estimate of drug-likeness (QED) is 0.489. The Kier molecular flexibility index (Phi) is 7.33. The van der Waals surface area contributed by atoms with Gasteiger partial charge in [-0.2, -0.15) is 8.42 Å². The monoisotopic (exact) mass is 359 g/mol. The smallest absolute Gasteiger partial charge is 0.267 e. The van der Waals surface area contributed by atoms with Crippen LogP contribution in [0.1, 0.15) is 19.4 Å². The number of phenols is 1. The van der Waals surface area contributed by atoms with Gasteiger partial charge in [0.15, 0.2) is 5.78 Å². The van der Waals surface area contributed by atoms with E-state index in [9.17, 15) is 23.1 Å². The van der Waals surface area contributed by atoms with Crippen LogP contribution in [0.3, 0.4) is 0 Å².